The monoisotopic (exact) mass is 346 g/mol. The summed E-state index contributed by atoms with van der Waals surface area (Å²) in [6.45, 7) is 5.55. The normalized spacial score (nSPS) is 16.3. The van der Waals surface area contributed by atoms with E-state index in [1.165, 1.54) is 6.07 Å². The fourth-order valence-electron chi connectivity index (χ4n) is 2.20. The topological polar surface area (TPSA) is 105 Å². The van der Waals surface area contributed by atoms with Crippen molar-refractivity contribution < 1.29 is 22.5 Å². The van der Waals surface area contributed by atoms with Gasteiger partial charge in [-0.1, -0.05) is 5.16 Å². The molecule has 0 saturated carbocycles. The number of aromatic nitrogens is 1. The molecular weight excluding hydrogens is 324 g/mol. The van der Waals surface area contributed by atoms with E-state index >= 15 is 0 Å². The average molecular weight is 346 g/mol. The van der Waals surface area contributed by atoms with E-state index in [-0.39, 0.29) is 18.3 Å². The maximum absolute atomic E-state index is 12.0. The van der Waals surface area contributed by atoms with Gasteiger partial charge in [0, 0.05) is 32.2 Å². The number of carbonyl (C=O) groups is 1. The van der Waals surface area contributed by atoms with Gasteiger partial charge in [-0.3, -0.25) is 9.69 Å². The van der Waals surface area contributed by atoms with Gasteiger partial charge in [-0.2, -0.15) is 0 Å². The van der Waals surface area contributed by atoms with Gasteiger partial charge in [-0.05, 0) is 6.92 Å². The molecule has 0 atom stereocenters. The second-order valence-electron chi connectivity index (χ2n) is 5.37. The van der Waals surface area contributed by atoms with E-state index in [0.29, 0.717) is 32.1 Å². The molecular formula is C13H22N4O5S. The van der Waals surface area contributed by atoms with Crippen molar-refractivity contribution in [2.24, 2.45) is 0 Å². The zero-order chi connectivity index (χ0) is 16.9. The van der Waals surface area contributed by atoms with Crippen LogP contribution < -0.4 is 9.62 Å². The molecule has 1 saturated heterocycles. The van der Waals surface area contributed by atoms with E-state index < -0.39 is 10.0 Å². The highest BCUT2D eigenvalue weighted by molar-refractivity contribution is 7.92. The van der Waals surface area contributed by atoms with Gasteiger partial charge in [0.15, 0.2) is 5.82 Å². The van der Waals surface area contributed by atoms with Crippen LogP contribution in [0.25, 0.3) is 0 Å². The van der Waals surface area contributed by atoms with Crippen LogP contribution in [0, 0.1) is 6.92 Å². The molecule has 1 N–H and O–H groups in total. The van der Waals surface area contributed by atoms with E-state index in [4.69, 9.17) is 9.26 Å². The molecule has 0 bridgehead atoms. The van der Waals surface area contributed by atoms with Crippen molar-refractivity contribution in [1.82, 2.24) is 15.4 Å². The molecule has 0 radical (unpaired) electrons. The minimum absolute atomic E-state index is 0.105. The number of hydrogen-bond acceptors (Lipinski definition) is 7. The van der Waals surface area contributed by atoms with E-state index in [0.717, 1.165) is 23.7 Å². The Kier molecular flexibility index (Phi) is 5.97. The van der Waals surface area contributed by atoms with Crippen LogP contribution >= 0.6 is 0 Å². The second-order valence-corrected chi connectivity index (χ2v) is 7.28. The van der Waals surface area contributed by atoms with Crippen molar-refractivity contribution in [2.45, 2.75) is 6.92 Å². The molecule has 9 nitrogen and oxygen atoms in total. The summed E-state index contributed by atoms with van der Waals surface area (Å²) in [4.78, 5) is 14.2. The number of hydrogen-bond donors (Lipinski definition) is 1. The first-order valence-corrected chi connectivity index (χ1v) is 9.19. The van der Waals surface area contributed by atoms with Crippen LogP contribution in [0.15, 0.2) is 10.6 Å². The molecule has 0 spiro atoms. The van der Waals surface area contributed by atoms with Crippen LogP contribution in [0.4, 0.5) is 5.82 Å². The fourth-order valence-corrected chi connectivity index (χ4v) is 2.98. The highest BCUT2D eigenvalue weighted by Crippen LogP contribution is 2.16. The standard InChI is InChI=1S/C13H22N4O5S/c1-11-9-12(15-22-11)17(23(2,19)20)10-13(18)14-3-4-16-5-7-21-8-6-16/h9H,3-8,10H2,1-2H3,(H,14,18). The predicted molar refractivity (Wildman–Crippen MR) is 83.7 cm³/mol. The molecule has 10 heteroatoms. The third kappa shape index (κ3) is 5.48. The molecule has 1 aromatic heterocycles. The molecule has 2 heterocycles. The molecule has 23 heavy (non-hydrogen) atoms. The quantitative estimate of drug-likeness (QED) is 0.689. The first kappa shape index (κ1) is 17.7. The molecule has 0 aliphatic carbocycles. The predicted octanol–water partition coefficient (Wildman–Crippen LogP) is -0.803. The Morgan fingerprint density at radius 2 is 2.13 bits per heavy atom. The lowest BCUT2D eigenvalue weighted by Crippen LogP contribution is -2.44. The summed E-state index contributed by atoms with van der Waals surface area (Å²) in [7, 11) is -3.62. The molecule has 1 aliphatic rings. The minimum Gasteiger partial charge on any atom is -0.379 e. The van der Waals surface area contributed by atoms with Crippen LogP contribution in [0.2, 0.25) is 0 Å². The van der Waals surface area contributed by atoms with Gasteiger partial charge in [0.05, 0.1) is 19.5 Å². The van der Waals surface area contributed by atoms with Gasteiger partial charge < -0.3 is 14.6 Å². The molecule has 0 unspecified atom stereocenters. The number of anilines is 1. The summed E-state index contributed by atoms with van der Waals surface area (Å²) in [5.41, 5.74) is 0. The Morgan fingerprint density at radius 1 is 1.43 bits per heavy atom. The van der Waals surface area contributed by atoms with Gasteiger partial charge in [0.2, 0.25) is 15.9 Å². The number of aryl methyl sites for hydroxylation is 1. The van der Waals surface area contributed by atoms with Gasteiger partial charge in [0.1, 0.15) is 12.3 Å². The van der Waals surface area contributed by atoms with E-state index in [1.54, 1.807) is 6.92 Å². The van der Waals surface area contributed by atoms with E-state index in [2.05, 4.69) is 15.4 Å². The average Bonchev–Trinajstić information content (AvgIpc) is 2.91. The first-order valence-electron chi connectivity index (χ1n) is 7.34. The number of sulfonamides is 1. The summed E-state index contributed by atoms with van der Waals surface area (Å²) in [5, 5.41) is 6.38. The number of carbonyl (C=O) groups excluding carboxylic acids is 1. The maximum atomic E-state index is 12.0. The number of nitrogens with one attached hydrogen (secondary N) is 1. The Hall–Kier alpha value is -1.65. The highest BCUT2D eigenvalue weighted by atomic mass is 32.2. The summed E-state index contributed by atoms with van der Waals surface area (Å²) in [5.74, 6) is 0.194. The van der Waals surface area contributed by atoms with Crippen LogP contribution in [-0.2, 0) is 19.6 Å². The molecule has 1 amide bonds. The van der Waals surface area contributed by atoms with Crippen LogP contribution in [0.3, 0.4) is 0 Å². The first-order chi connectivity index (χ1) is 10.9. The van der Waals surface area contributed by atoms with E-state index in [9.17, 15) is 13.2 Å². The zero-order valence-corrected chi connectivity index (χ0v) is 14.1. The minimum atomic E-state index is -3.62. The summed E-state index contributed by atoms with van der Waals surface area (Å²) >= 11 is 0. The van der Waals surface area contributed by atoms with Gasteiger partial charge in [-0.15, -0.1) is 0 Å². The third-order valence-corrected chi connectivity index (χ3v) is 4.53. The van der Waals surface area contributed by atoms with Crippen LogP contribution in [-0.4, -0.2) is 76.6 Å². The lowest BCUT2D eigenvalue weighted by molar-refractivity contribution is -0.119. The van der Waals surface area contributed by atoms with Crippen molar-refractivity contribution in [3.8, 4) is 0 Å². The van der Waals surface area contributed by atoms with Crippen LogP contribution in [0.5, 0.6) is 0 Å². The van der Waals surface area contributed by atoms with Crippen molar-refractivity contribution >= 4 is 21.7 Å². The SMILES string of the molecule is Cc1cc(N(CC(=O)NCCN2CCOCC2)S(C)(=O)=O)no1. The maximum Gasteiger partial charge on any atom is 0.240 e. The number of morpholine rings is 1. The van der Waals surface area contributed by atoms with Gasteiger partial charge >= 0.3 is 0 Å². The lowest BCUT2D eigenvalue weighted by Gasteiger charge is -2.26. The van der Waals surface area contributed by atoms with Crippen molar-refractivity contribution in [2.75, 3.05) is 56.5 Å². The molecule has 2 rings (SSSR count). The van der Waals surface area contributed by atoms with Gasteiger partial charge in [-0.25, -0.2) is 12.7 Å². The zero-order valence-electron chi connectivity index (χ0n) is 13.3. The number of rotatable bonds is 7. The molecule has 1 aromatic rings. The Labute approximate surface area is 135 Å². The molecule has 1 aliphatic heterocycles. The molecule has 0 aromatic carbocycles. The van der Waals surface area contributed by atoms with Crippen molar-refractivity contribution in [3.05, 3.63) is 11.8 Å². The Balaban J connectivity index is 1.85. The number of ether oxygens (including phenoxy) is 1. The second kappa shape index (κ2) is 7.75. The van der Waals surface area contributed by atoms with E-state index in [1.807, 2.05) is 0 Å². The van der Waals surface area contributed by atoms with Crippen molar-refractivity contribution in [1.29, 1.82) is 0 Å². The number of amides is 1. The number of nitrogens with zero attached hydrogens (tertiary/aromatic N) is 3. The van der Waals surface area contributed by atoms with Crippen molar-refractivity contribution in [3.63, 3.8) is 0 Å². The summed E-state index contributed by atoms with van der Waals surface area (Å²) in [6.07, 6.45) is 1.03. The highest BCUT2D eigenvalue weighted by Gasteiger charge is 2.23. The smallest absolute Gasteiger partial charge is 0.240 e. The molecule has 1 fully saturated rings. The molecule has 130 valence electrons. The van der Waals surface area contributed by atoms with Crippen LogP contribution in [0.1, 0.15) is 5.76 Å². The lowest BCUT2D eigenvalue weighted by atomic mass is 10.4. The Bertz CT molecular complexity index is 624. The third-order valence-electron chi connectivity index (χ3n) is 3.41. The summed E-state index contributed by atoms with van der Waals surface area (Å²) < 4.78 is 34.7. The van der Waals surface area contributed by atoms with Gasteiger partial charge in [0.25, 0.3) is 0 Å². The largest absolute Gasteiger partial charge is 0.379 e. The summed E-state index contributed by atoms with van der Waals surface area (Å²) in [6, 6.07) is 1.47. The fraction of sp³-hybridized carbons (Fsp3) is 0.692. The Morgan fingerprint density at radius 3 is 2.70 bits per heavy atom.